The van der Waals surface area contributed by atoms with Crippen LogP contribution in [0.2, 0.25) is 0 Å². The van der Waals surface area contributed by atoms with Crippen LogP contribution in [0.3, 0.4) is 0 Å². The van der Waals surface area contributed by atoms with Crippen LogP contribution in [-0.4, -0.2) is 9.97 Å². The predicted octanol–water partition coefficient (Wildman–Crippen LogP) is 7.27. The van der Waals surface area contributed by atoms with Crippen molar-refractivity contribution in [3.8, 4) is 33.8 Å². The summed E-state index contributed by atoms with van der Waals surface area (Å²) in [6.07, 6.45) is 0. The van der Waals surface area contributed by atoms with Crippen LogP contribution < -0.4 is 0 Å². The Morgan fingerprint density at radius 3 is 1.97 bits per heavy atom. The first kappa shape index (κ1) is 18.0. The highest BCUT2D eigenvalue weighted by Crippen LogP contribution is 2.51. The van der Waals surface area contributed by atoms with Crippen molar-refractivity contribution >= 4 is 10.9 Å². The second-order valence-electron chi connectivity index (χ2n) is 8.68. The molecule has 0 amide bonds. The number of nitrogens with zero attached hydrogens (tertiary/aromatic N) is 2. The predicted molar refractivity (Wildman–Crippen MR) is 128 cm³/mol. The fraction of sp³-hybridized carbons (Fsp3) is 0.103. The minimum absolute atomic E-state index is 0.123. The molecule has 0 atom stereocenters. The van der Waals surface area contributed by atoms with Crippen LogP contribution in [0.5, 0.6) is 0 Å². The van der Waals surface area contributed by atoms with Gasteiger partial charge in [0, 0.05) is 21.9 Å². The molecule has 0 bridgehead atoms. The highest BCUT2D eigenvalue weighted by Gasteiger charge is 2.37. The molecule has 0 saturated heterocycles. The van der Waals surface area contributed by atoms with E-state index in [2.05, 4.69) is 86.6 Å². The van der Waals surface area contributed by atoms with Gasteiger partial charge in [0.1, 0.15) is 0 Å². The first-order valence-electron chi connectivity index (χ1n) is 10.7. The van der Waals surface area contributed by atoms with Gasteiger partial charge in [-0.05, 0) is 28.3 Å². The third kappa shape index (κ3) is 2.65. The lowest BCUT2D eigenvalue weighted by Gasteiger charge is -2.23. The van der Waals surface area contributed by atoms with E-state index in [-0.39, 0.29) is 5.41 Å². The third-order valence-corrected chi connectivity index (χ3v) is 6.46. The van der Waals surface area contributed by atoms with Gasteiger partial charge in [0.05, 0.1) is 11.2 Å². The lowest BCUT2D eigenvalue weighted by molar-refractivity contribution is 0.664. The van der Waals surface area contributed by atoms with Gasteiger partial charge < -0.3 is 0 Å². The van der Waals surface area contributed by atoms with E-state index in [1.54, 1.807) is 0 Å². The number of benzene rings is 4. The quantitative estimate of drug-likeness (QED) is 0.312. The molecule has 1 heterocycles. The van der Waals surface area contributed by atoms with Crippen LogP contribution in [0, 0.1) is 0 Å². The highest BCUT2D eigenvalue weighted by atomic mass is 14.9. The minimum Gasteiger partial charge on any atom is -0.228 e. The van der Waals surface area contributed by atoms with Gasteiger partial charge in [0.2, 0.25) is 0 Å². The summed E-state index contributed by atoms with van der Waals surface area (Å²) in [4.78, 5) is 10.2. The molecule has 0 fully saturated rings. The molecule has 0 spiro atoms. The second-order valence-corrected chi connectivity index (χ2v) is 8.68. The number of hydrogen-bond donors (Lipinski definition) is 0. The Labute approximate surface area is 182 Å². The molecule has 0 aliphatic heterocycles. The maximum absolute atomic E-state index is 5.17. The molecule has 2 nitrogen and oxygen atoms in total. The lowest BCUT2D eigenvalue weighted by Crippen LogP contribution is -2.16. The van der Waals surface area contributed by atoms with Gasteiger partial charge in [-0.15, -0.1) is 0 Å². The Balaban J connectivity index is 1.74. The SMILES string of the molecule is CC1(C)c2ccccc2-c2ccc3c(-c4ccccc4)nc(-c4ccccc4)nc3c21. The zero-order valence-corrected chi connectivity index (χ0v) is 17.6. The van der Waals surface area contributed by atoms with Crippen LogP contribution >= 0.6 is 0 Å². The zero-order valence-electron chi connectivity index (χ0n) is 17.6. The Kier molecular flexibility index (Phi) is 3.85. The van der Waals surface area contributed by atoms with E-state index < -0.39 is 0 Å². The van der Waals surface area contributed by atoms with E-state index in [0.29, 0.717) is 0 Å². The lowest BCUT2D eigenvalue weighted by atomic mass is 9.81. The molecule has 1 aromatic heterocycles. The molecule has 0 radical (unpaired) electrons. The van der Waals surface area contributed by atoms with E-state index in [9.17, 15) is 0 Å². The topological polar surface area (TPSA) is 25.8 Å². The van der Waals surface area contributed by atoms with Crippen molar-refractivity contribution in [3.05, 3.63) is 108 Å². The van der Waals surface area contributed by atoms with E-state index in [1.165, 1.54) is 22.3 Å². The Bertz CT molecular complexity index is 1430. The minimum atomic E-state index is -0.123. The molecular weight excluding hydrogens is 376 g/mol. The Hall–Kier alpha value is -3.78. The monoisotopic (exact) mass is 398 g/mol. The summed E-state index contributed by atoms with van der Waals surface area (Å²) in [5.74, 6) is 0.770. The van der Waals surface area contributed by atoms with Crippen molar-refractivity contribution in [2.75, 3.05) is 0 Å². The zero-order chi connectivity index (χ0) is 21.0. The number of aromatic nitrogens is 2. The fourth-order valence-corrected chi connectivity index (χ4v) is 4.98. The highest BCUT2D eigenvalue weighted by molar-refractivity contribution is 6.01. The molecule has 4 aromatic carbocycles. The molecule has 0 unspecified atom stereocenters. The Morgan fingerprint density at radius 2 is 1.23 bits per heavy atom. The van der Waals surface area contributed by atoms with Gasteiger partial charge in [-0.1, -0.05) is 105 Å². The molecule has 6 rings (SSSR count). The van der Waals surface area contributed by atoms with E-state index >= 15 is 0 Å². The van der Waals surface area contributed by atoms with Crippen molar-refractivity contribution in [2.24, 2.45) is 0 Å². The normalized spacial score (nSPS) is 13.7. The number of hydrogen-bond acceptors (Lipinski definition) is 2. The van der Waals surface area contributed by atoms with Gasteiger partial charge in [0.15, 0.2) is 5.82 Å². The number of fused-ring (bicyclic) bond motifs is 5. The molecule has 2 heteroatoms. The van der Waals surface area contributed by atoms with Crippen LogP contribution in [0.4, 0.5) is 0 Å². The Morgan fingerprint density at radius 1 is 0.581 bits per heavy atom. The van der Waals surface area contributed by atoms with E-state index in [4.69, 9.17) is 9.97 Å². The van der Waals surface area contributed by atoms with Crippen LogP contribution in [-0.2, 0) is 5.41 Å². The first-order chi connectivity index (χ1) is 15.1. The smallest absolute Gasteiger partial charge is 0.160 e. The van der Waals surface area contributed by atoms with Crippen molar-refractivity contribution in [1.29, 1.82) is 0 Å². The molecule has 31 heavy (non-hydrogen) atoms. The first-order valence-corrected chi connectivity index (χ1v) is 10.7. The summed E-state index contributed by atoms with van der Waals surface area (Å²) >= 11 is 0. The maximum atomic E-state index is 5.17. The van der Waals surface area contributed by atoms with Crippen LogP contribution in [0.25, 0.3) is 44.7 Å². The summed E-state index contributed by atoms with van der Waals surface area (Å²) in [6, 6.07) is 33.9. The average Bonchev–Trinajstić information content (AvgIpc) is 3.07. The maximum Gasteiger partial charge on any atom is 0.160 e. The second kappa shape index (κ2) is 6.61. The molecular formula is C29H22N2. The van der Waals surface area contributed by atoms with E-state index in [0.717, 1.165) is 33.5 Å². The summed E-state index contributed by atoms with van der Waals surface area (Å²) in [5.41, 5.74) is 9.30. The molecule has 148 valence electrons. The largest absolute Gasteiger partial charge is 0.228 e. The van der Waals surface area contributed by atoms with Gasteiger partial charge in [-0.3, -0.25) is 0 Å². The fourth-order valence-electron chi connectivity index (χ4n) is 4.98. The third-order valence-electron chi connectivity index (χ3n) is 6.46. The molecule has 1 aliphatic rings. The standard InChI is InChI=1S/C29H22N2/c1-29(2)24-16-10-9-15-21(24)22-17-18-23-26(19-11-5-3-6-12-19)30-28(31-27(23)25(22)29)20-13-7-4-8-14-20/h3-18H,1-2H3. The van der Waals surface area contributed by atoms with Crippen molar-refractivity contribution in [3.63, 3.8) is 0 Å². The summed E-state index contributed by atoms with van der Waals surface area (Å²) in [7, 11) is 0. The van der Waals surface area contributed by atoms with Crippen molar-refractivity contribution < 1.29 is 0 Å². The average molecular weight is 399 g/mol. The summed E-state index contributed by atoms with van der Waals surface area (Å²) in [6.45, 7) is 4.62. The molecule has 1 aliphatic carbocycles. The van der Waals surface area contributed by atoms with Crippen LogP contribution in [0.15, 0.2) is 97.1 Å². The van der Waals surface area contributed by atoms with Crippen LogP contribution in [0.1, 0.15) is 25.0 Å². The van der Waals surface area contributed by atoms with Gasteiger partial charge in [0.25, 0.3) is 0 Å². The van der Waals surface area contributed by atoms with Crippen molar-refractivity contribution in [2.45, 2.75) is 19.3 Å². The molecule has 0 N–H and O–H groups in total. The van der Waals surface area contributed by atoms with Gasteiger partial charge in [-0.2, -0.15) is 0 Å². The van der Waals surface area contributed by atoms with E-state index in [1.807, 2.05) is 24.3 Å². The van der Waals surface area contributed by atoms with Gasteiger partial charge >= 0.3 is 0 Å². The molecule has 0 saturated carbocycles. The summed E-state index contributed by atoms with van der Waals surface area (Å²) < 4.78 is 0. The van der Waals surface area contributed by atoms with Gasteiger partial charge in [-0.25, -0.2) is 9.97 Å². The summed E-state index contributed by atoms with van der Waals surface area (Å²) in [5, 5.41) is 1.10. The number of rotatable bonds is 2. The van der Waals surface area contributed by atoms with Crippen molar-refractivity contribution in [1.82, 2.24) is 9.97 Å². The molecule has 5 aromatic rings.